The number of imide groups is 1. The number of nitrogens with zero attached hydrogens (tertiary/aromatic N) is 4. The van der Waals surface area contributed by atoms with E-state index in [1.807, 2.05) is 0 Å². The van der Waals surface area contributed by atoms with Crippen molar-refractivity contribution in [3.63, 3.8) is 0 Å². The molecule has 4 rings (SSSR count). The van der Waals surface area contributed by atoms with E-state index in [0.717, 1.165) is 18.7 Å². The molecule has 2 aromatic carbocycles. The number of hydrogen-bond acceptors (Lipinski definition) is 7. The van der Waals surface area contributed by atoms with Gasteiger partial charge in [0.15, 0.2) is 0 Å². The second kappa shape index (κ2) is 12.0. The van der Waals surface area contributed by atoms with Crippen molar-refractivity contribution in [3.05, 3.63) is 77.0 Å². The van der Waals surface area contributed by atoms with Crippen molar-refractivity contribution in [3.8, 4) is 11.8 Å². The van der Waals surface area contributed by atoms with Crippen molar-refractivity contribution in [1.82, 2.24) is 19.8 Å². The maximum atomic E-state index is 12.5. The Morgan fingerprint density at radius 3 is 2.34 bits per heavy atom. The molecule has 2 N–H and O–H groups in total. The first-order valence-electron chi connectivity index (χ1n) is 12.5. The fraction of sp³-hybridized carbons (Fsp3) is 0.276. The molecule has 194 valence electrons. The number of nitrogens with one attached hydrogen (secondary N) is 2. The SMILES string of the molecule is CCCNc1nc(Nc2ccc(C(=O)N(C)C)cc2)ncc1C#CCCCN1C(=O)c2ccccc2C1=O. The van der Waals surface area contributed by atoms with Crippen LogP contribution >= 0.6 is 0 Å². The third kappa shape index (κ3) is 5.98. The number of rotatable bonds is 9. The number of fused-ring (bicyclic) bond motifs is 1. The van der Waals surface area contributed by atoms with E-state index in [-0.39, 0.29) is 17.7 Å². The first-order valence-corrected chi connectivity index (χ1v) is 12.5. The van der Waals surface area contributed by atoms with Gasteiger partial charge in [0.25, 0.3) is 17.7 Å². The third-order valence-electron chi connectivity index (χ3n) is 5.91. The minimum atomic E-state index is -0.250. The fourth-order valence-corrected chi connectivity index (χ4v) is 3.92. The van der Waals surface area contributed by atoms with Crippen molar-refractivity contribution in [2.45, 2.75) is 26.2 Å². The Kier molecular flexibility index (Phi) is 8.34. The number of aromatic nitrogens is 2. The van der Waals surface area contributed by atoms with E-state index in [1.54, 1.807) is 68.8 Å². The number of benzene rings is 2. The number of anilines is 3. The van der Waals surface area contributed by atoms with Gasteiger partial charge in [-0.15, -0.1) is 0 Å². The average molecular weight is 511 g/mol. The standard InChI is InChI=1S/C29H30N6O3/c1-4-17-30-25-21(10-6-5-9-18-35-27(37)23-11-7-8-12-24(23)28(35)38)19-31-29(33-25)32-22-15-13-20(14-16-22)26(36)34(2)3/h7-8,11-16,19H,4-5,9,17-18H2,1-3H3,(H2,30,31,32,33). The van der Waals surface area contributed by atoms with Crippen LogP contribution < -0.4 is 10.6 Å². The third-order valence-corrected chi connectivity index (χ3v) is 5.91. The number of amides is 3. The van der Waals surface area contributed by atoms with Gasteiger partial charge in [-0.3, -0.25) is 19.3 Å². The largest absolute Gasteiger partial charge is 0.369 e. The Hall–Kier alpha value is -4.71. The molecule has 2 heterocycles. The van der Waals surface area contributed by atoms with Crippen molar-refractivity contribution in [1.29, 1.82) is 0 Å². The first kappa shape index (κ1) is 26.4. The first-order chi connectivity index (χ1) is 18.4. The number of carbonyl (C=O) groups is 3. The quantitative estimate of drug-likeness (QED) is 0.253. The van der Waals surface area contributed by atoms with E-state index in [1.165, 1.54) is 9.80 Å². The Balaban J connectivity index is 1.38. The van der Waals surface area contributed by atoms with Crippen molar-refractivity contribution in [2.24, 2.45) is 0 Å². The minimum Gasteiger partial charge on any atom is -0.369 e. The van der Waals surface area contributed by atoms with E-state index in [2.05, 4.69) is 39.4 Å². The summed E-state index contributed by atoms with van der Waals surface area (Å²) in [7, 11) is 3.43. The van der Waals surface area contributed by atoms with E-state index < -0.39 is 0 Å². The predicted octanol–water partition coefficient (Wildman–Crippen LogP) is 4.17. The summed E-state index contributed by atoms with van der Waals surface area (Å²) in [5.74, 6) is 6.69. The zero-order valence-corrected chi connectivity index (χ0v) is 21.7. The average Bonchev–Trinajstić information content (AvgIpc) is 3.17. The molecule has 0 atom stereocenters. The lowest BCUT2D eigenvalue weighted by atomic mass is 10.1. The molecule has 0 saturated carbocycles. The summed E-state index contributed by atoms with van der Waals surface area (Å²) in [6, 6.07) is 14.0. The molecule has 9 nitrogen and oxygen atoms in total. The molecule has 1 aromatic heterocycles. The zero-order chi connectivity index (χ0) is 27.1. The second-order valence-electron chi connectivity index (χ2n) is 9.00. The molecular formula is C29H30N6O3. The lowest BCUT2D eigenvalue weighted by Crippen LogP contribution is -2.30. The van der Waals surface area contributed by atoms with Crippen molar-refractivity contribution < 1.29 is 14.4 Å². The van der Waals surface area contributed by atoms with Crippen molar-refractivity contribution in [2.75, 3.05) is 37.8 Å². The van der Waals surface area contributed by atoms with Crippen LogP contribution in [0.5, 0.6) is 0 Å². The van der Waals surface area contributed by atoms with Crippen LogP contribution in [0.2, 0.25) is 0 Å². The molecule has 38 heavy (non-hydrogen) atoms. The van der Waals surface area contributed by atoms with Crippen LogP contribution in [-0.4, -0.2) is 64.7 Å². The van der Waals surface area contributed by atoms with E-state index in [9.17, 15) is 14.4 Å². The molecule has 0 bridgehead atoms. The number of hydrogen-bond donors (Lipinski definition) is 2. The Labute approximate surface area is 222 Å². The molecule has 3 amide bonds. The molecule has 0 fully saturated rings. The van der Waals surface area contributed by atoms with E-state index >= 15 is 0 Å². The van der Waals surface area contributed by atoms with Crippen LogP contribution in [0.3, 0.4) is 0 Å². The fourth-order valence-electron chi connectivity index (χ4n) is 3.92. The molecule has 1 aliphatic heterocycles. The number of carbonyl (C=O) groups excluding carboxylic acids is 3. The van der Waals surface area contributed by atoms with Gasteiger partial charge in [-0.1, -0.05) is 30.9 Å². The smallest absolute Gasteiger partial charge is 0.261 e. The summed E-state index contributed by atoms with van der Waals surface area (Å²) >= 11 is 0. The lowest BCUT2D eigenvalue weighted by molar-refractivity contribution is 0.0652. The van der Waals surface area contributed by atoms with Crippen LogP contribution in [0.25, 0.3) is 0 Å². The lowest BCUT2D eigenvalue weighted by Gasteiger charge is -2.12. The minimum absolute atomic E-state index is 0.0643. The Morgan fingerprint density at radius 2 is 1.71 bits per heavy atom. The van der Waals surface area contributed by atoms with Crippen LogP contribution in [0.15, 0.2) is 54.7 Å². The van der Waals surface area contributed by atoms with Gasteiger partial charge in [-0.05, 0) is 49.2 Å². The summed E-state index contributed by atoms with van der Waals surface area (Å²) in [5.41, 5.74) is 2.93. The van der Waals surface area contributed by atoms with Crippen LogP contribution in [0.1, 0.15) is 62.8 Å². The van der Waals surface area contributed by atoms with Crippen molar-refractivity contribution >= 4 is 35.2 Å². The van der Waals surface area contributed by atoms with Gasteiger partial charge >= 0.3 is 0 Å². The highest BCUT2D eigenvalue weighted by Crippen LogP contribution is 2.23. The van der Waals surface area contributed by atoms with Crippen LogP contribution in [0.4, 0.5) is 17.5 Å². The topological polar surface area (TPSA) is 108 Å². The molecular weight excluding hydrogens is 480 g/mol. The summed E-state index contributed by atoms with van der Waals surface area (Å²) < 4.78 is 0. The van der Waals surface area contributed by atoms with Crippen LogP contribution in [-0.2, 0) is 0 Å². The van der Waals surface area contributed by atoms with Gasteiger partial charge < -0.3 is 15.5 Å². The molecule has 0 radical (unpaired) electrons. The molecule has 0 saturated heterocycles. The maximum absolute atomic E-state index is 12.5. The number of unbranched alkanes of at least 4 members (excludes halogenated alkanes) is 1. The second-order valence-corrected chi connectivity index (χ2v) is 9.00. The summed E-state index contributed by atoms with van der Waals surface area (Å²) in [6.45, 7) is 3.11. The van der Waals surface area contributed by atoms with E-state index in [0.29, 0.717) is 53.4 Å². The maximum Gasteiger partial charge on any atom is 0.261 e. The molecule has 0 spiro atoms. The molecule has 0 unspecified atom stereocenters. The molecule has 0 aliphatic carbocycles. The van der Waals surface area contributed by atoms with Gasteiger partial charge in [-0.25, -0.2) is 4.98 Å². The van der Waals surface area contributed by atoms with Gasteiger partial charge in [0.05, 0.1) is 22.9 Å². The van der Waals surface area contributed by atoms with Crippen LogP contribution in [0, 0.1) is 11.8 Å². The molecule has 1 aliphatic rings. The Morgan fingerprint density at radius 1 is 1.03 bits per heavy atom. The van der Waals surface area contributed by atoms with Gasteiger partial charge in [0.2, 0.25) is 5.95 Å². The van der Waals surface area contributed by atoms with Gasteiger partial charge in [-0.2, -0.15) is 4.98 Å². The van der Waals surface area contributed by atoms with Gasteiger partial charge in [0, 0.05) is 44.9 Å². The normalized spacial score (nSPS) is 12.0. The van der Waals surface area contributed by atoms with Gasteiger partial charge in [0.1, 0.15) is 5.82 Å². The predicted molar refractivity (Wildman–Crippen MR) is 146 cm³/mol. The highest BCUT2D eigenvalue weighted by Gasteiger charge is 2.34. The highest BCUT2D eigenvalue weighted by atomic mass is 16.2. The monoisotopic (exact) mass is 510 g/mol. The van der Waals surface area contributed by atoms with E-state index in [4.69, 9.17) is 0 Å². The summed E-state index contributed by atoms with van der Waals surface area (Å²) in [6.07, 6.45) is 3.66. The highest BCUT2D eigenvalue weighted by molar-refractivity contribution is 6.21. The zero-order valence-electron chi connectivity index (χ0n) is 21.7. The Bertz CT molecular complexity index is 1370. The summed E-state index contributed by atoms with van der Waals surface area (Å²) in [5, 5.41) is 6.45. The molecule has 3 aromatic rings. The summed E-state index contributed by atoms with van der Waals surface area (Å²) in [4.78, 5) is 48.9. The molecule has 9 heteroatoms.